The van der Waals surface area contributed by atoms with Gasteiger partial charge in [0.15, 0.2) is 24.0 Å². The number of phenolic OH excluding ortho intramolecular Hbond substituents is 1. The number of aryl methyl sites for hydroxylation is 1. The molecule has 0 amide bonds. The third-order valence-corrected chi connectivity index (χ3v) is 2.80. The van der Waals surface area contributed by atoms with Crippen molar-refractivity contribution < 1.29 is 28.6 Å². The molecule has 116 valence electrons. The molecule has 6 heteroatoms. The number of halogens is 1. The third-order valence-electron chi connectivity index (χ3n) is 2.80. The molecule has 1 rings (SSSR count). The van der Waals surface area contributed by atoms with Crippen LogP contribution in [0, 0.1) is 5.82 Å². The van der Waals surface area contributed by atoms with Crippen LogP contribution in [0.4, 0.5) is 4.39 Å². The Kier molecular flexibility index (Phi) is 6.14. The molecule has 0 radical (unpaired) electrons. The maximum Gasteiger partial charge on any atom is 0.344 e. The molecule has 1 N–H and O–H groups in total. The average molecular weight is 298 g/mol. The van der Waals surface area contributed by atoms with Crippen LogP contribution in [0.2, 0.25) is 0 Å². The van der Waals surface area contributed by atoms with Gasteiger partial charge in [0.05, 0.1) is 6.61 Å². The highest BCUT2D eigenvalue weighted by Crippen LogP contribution is 2.35. The van der Waals surface area contributed by atoms with E-state index in [1.807, 2.05) is 6.92 Å². The number of esters is 1. The predicted molar refractivity (Wildman–Crippen MR) is 74.2 cm³/mol. The van der Waals surface area contributed by atoms with Crippen LogP contribution in [0.3, 0.4) is 0 Å². The van der Waals surface area contributed by atoms with Crippen molar-refractivity contribution in [2.24, 2.45) is 0 Å². The molecule has 0 aliphatic heterocycles. The molecular weight excluding hydrogens is 279 g/mol. The number of carbonyl (C=O) groups is 2. The highest BCUT2D eigenvalue weighted by atomic mass is 19.1. The lowest BCUT2D eigenvalue weighted by molar-refractivity contribution is -0.145. The first kappa shape index (κ1) is 16.9. The summed E-state index contributed by atoms with van der Waals surface area (Å²) in [6, 6.07) is 1.12. The van der Waals surface area contributed by atoms with Gasteiger partial charge in [-0.3, -0.25) is 4.79 Å². The summed E-state index contributed by atoms with van der Waals surface area (Å²) < 4.78 is 23.8. The van der Waals surface area contributed by atoms with Gasteiger partial charge in [-0.05, 0) is 31.9 Å². The first-order valence-electron chi connectivity index (χ1n) is 6.76. The molecule has 0 unspecified atom stereocenters. The highest BCUT2D eigenvalue weighted by Gasteiger charge is 2.23. The van der Waals surface area contributed by atoms with Gasteiger partial charge in [-0.25, -0.2) is 9.18 Å². The molecule has 0 aliphatic carbocycles. The number of phenols is 1. The number of Topliss-reactive ketones (excluding diaryl/α,β-unsaturated/α-hetero) is 1. The Labute approximate surface area is 122 Å². The fraction of sp³-hybridized carbons (Fsp3) is 0.467. The highest BCUT2D eigenvalue weighted by molar-refractivity contribution is 6.00. The number of rotatable bonds is 7. The summed E-state index contributed by atoms with van der Waals surface area (Å²) in [4.78, 5) is 22.9. The quantitative estimate of drug-likeness (QED) is 0.619. The third kappa shape index (κ3) is 4.18. The van der Waals surface area contributed by atoms with E-state index in [-0.39, 0.29) is 17.9 Å². The Balaban J connectivity index is 3.15. The van der Waals surface area contributed by atoms with Gasteiger partial charge in [0.2, 0.25) is 0 Å². The van der Waals surface area contributed by atoms with E-state index in [4.69, 9.17) is 4.74 Å². The molecule has 0 aliphatic rings. The maximum absolute atomic E-state index is 14.1. The molecule has 0 atom stereocenters. The van der Waals surface area contributed by atoms with Crippen molar-refractivity contribution in [2.45, 2.75) is 33.6 Å². The molecule has 0 fully saturated rings. The predicted octanol–water partition coefficient (Wildman–Crippen LogP) is 2.63. The van der Waals surface area contributed by atoms with Gasteiger partial charge in [0, 0.05) is 0 Å². The molecular formula is C15H19FO5. The Morgan fingerprint density at radius 3 is 2.52 bits per heavy atom. The number of benzene rings is 1. The number of hydrogen-bond acceptors (Lipinski definition) is 5. The first-order valence-corrected chi connectivity index (χ1v) is 6.76. The average Bonchev–Trinajstić information content (AvgIpc) is 2.40. The van der Waals surface area contributed by atoms with Crippen molar-refractivity contribution in [2.75, 3.05) is 13.2 Å². The topological polar surface area (TPSA) is 72.8 Å². The minimum absolute atomic E-state index is 0.172. The zero-order valence-electron chi connectivity index (χ0n) is 12.4. The standard InChI is InChI=1S/C15H19FO5/c1-4-6-10-7-11(16)15(13(9(3)17)14(10)19)21-8-12(18)20-5-2/h7,19H,4-6,8H2,1-3H3. The van der Waals surface area contributed by atoms with Gasteiger partial charge < -0.3 is 14.6 Å². The summed E-state index contributed by atoms with van der Waals surface area (Å²) in [5.74, 6) is -2.73. The van der Waals surface area contributed by atoms with Crippen molar-refractivity contribution in [3.8, 4) is 11.5 Å². The fourth-order valence-corrected chi connectivity index (χ4v) is 1.94. The van der Waals surface area contributed by atoms with Crippen molar-refractivity contribution in [1.29, 1.82) is 0 Å². The zero-order valence-corrected chi connectivity index (χ0v) is 12.4. The van der Waals surface area contributed by atoms with E-state index in [1.165, 1.54) is 6.92 Å². The number of carbonyl (C=O) groups excluding carboxylic acids is 2. The molecule has 0 saturated heterocycles. The number of ether oxygens (including phenoxy) is 2. The molecule has 0 aromatic heterocycles. The molecule has 1 aromatic rings. The minimum atomic E-state index is -0.786. The summed E-state index contributed by atoms with van der Waals surface area (Å²) in [5.41, 5.74) is 0.0893. The molecule has 0 saturated carbocycles. The van der Waals surface area contributed by atoms with Crippen LogP contribution in [0.5, 0.6) is 11.5 Å². The summed E-state index contributed by atoms with van der Waals surface area (Å²) >= 11 is 0. The summed E-state index contributed by atoms with van der Waals surface area (Å²) in [5, 5.41) is 10.1. The second-order valence-electron chi connectivity index (χ2n) is 4.47. The Morgan fingerprint density at radius 2 is 2.00 bits per heavy atom. The lowest BCUT2D eigenvalue weighted by Crippen LogP contribution is -2.16. The Morgan fingerprint density at radius 1 is 1.33 bits per heavy atom. The molecule has 5 nitrogen and oxygen atoms in total. The van der Waals surface area contributed by atoms with Gasteiger partial charge >= 0.3 is 5.97 Å². The van der Waals surface area contributed by atoms with Crippen molar-refractivity contribution in [1.82, 2.24) is 0 Å². The van der Waals surface area contributed by atoms with Crippen molar-refractivity contribution in [3.05, 3.63) is 23.0 Å². The van der Waals surface area contributed by atoms with E-state index in [9.17, 15) is 19.1 Å². The van der Waals surface area contributed by atoms with Crippen LogP contribution in [-0.4, -0.2) is 30.1 Å². The van der Waals surface area contributed by atoms with E-state index in [0.29, 0.717) is 18.4 Å². The normalized spacial score (nSPS) is 10.3. The molecule has 21 heavy (non-hydrogen) atoms. The molecule has 0 spiro atoms. The largest absolute Gasteiger partial charge is 0.507 e. The van der Waals surface area contributed by atoms with Gasteiger partial charge in [0.1, 0.15) is 11.3 Å². The second kappa shape index (κ2) is 7.61. The van der Waals surface area contributed by atoms with Crippen LogP contribution in [0.1, 0.15) is 43.1 Å². The van der Waals surface area contributed by atoms with Crippen LogP contribution in [0.15, 0.2) is 6.07 Å². The molecule has 1 aromatic carbocycles. The fourth-order valence-electron chi connectivity index (χ4n) is 1.94. The van der Waals surface area contributed by atoms with Crippen LogP contribution in [-0.2, 0) is 16.0 Å². The minimum Gasteiger partial charge on any atom is -0.507 e. The monoisotopic (exact) mass is 298 g/mol. The molecule has 0 heterocycles. The van der Waals surface area contributed by atoms with Crippen LogP contribution >= 0.6 is 0 Å². The molecule has 0 bridgehead atoms. The van der Waals surface area contributed by atoms with E-state index in [2.05, 4.69) is 4.74 Å². The summed E-state index contributed by atoms with van der Waals surface area (Å²) in [7, 11) is 0. The number of hydrogen-bond donors (Lipinski definition) is 1. The van der Waals surface area contributed by atoms with Gasteiger partial charge in [-0.15, -0.1) is 0 Å². The zero-order chi connectivity index (χ0) is 16.0. The maximum atomic E-state index is 14.1. The first-order chi connectivity index (χ1) is 9.92. The lowest BCUT2D eigenvalue weighted by atomic mass is 10.0. The van der Waals surface area contributed by atoms with Gasteiger partial charge in [-0.1, -0.05) is 13.3 Å². The van der Waals surface area contributed by atoms with E-state index < -0.39 is 29.9 Å². The lowest BCUT2D eigenvalue weighted by Gasteiger charge is -2.14. The Bertz CT molecular complexity index is 539. The SMILES string of the molecule is CCCc1cc(F)c(OCC(=O)OCC)c(C(C)=O)c1O. The van der Waals surface area contributed by atoms with Crippen LogP contribution in [0.25, 0.3) is 0 Å². The van der Waals surface area contributed by atoms with E-state index in [1.54, 1.807) is 6.92 Å². The summed E-state index contributed by atoms with van der Waals surface area (Å²) in [6.07, 6.45) is 1.12. The Hall–Kier alpha value is -2.11. The van der Waals surface area contributed by atoms with E-state index in [0.717, 1.165) is 6.07 Å². The summed E-state index contributed by atoms with van der Waals surface area (Å²) in [6.45, 7) is 4.34. The van der Waals surface area contributed by atoms with Crippen molar-refractivity contribution in [3.63, 3.8) is 0 Å². The van der Waals surface area contributed by atoms with Gasteiger partial charge in [-0.2, -0.15) is 0 Å². The smallest absolute Gasteiger partial charge is 0.344 e. The van der Waals surface area contributed by atoms with E-state index >= 15 is 0 Å². The number of aromatic hydroxyl groups is 1. The van der Waals surface area contributed by atoms with Gasteiger partial charge in [0.25, 0.3) is 0 Å². The van der Waals surface area contributed by atoms with Crippen molar-refractivity contribution >= 4 is 11.8 Å². The second-order valence-corrected chi connectivity index (χ2v) is 4.47. The number of ketones is 1. The van der Waals surface area contributed by atoms with Crippen LogP contribution < -0.4 is 4.74 Å².